The summed E-state index contributed by atoms with van der Waals surface area (Å²) in [5.41, 5.74) is 7.61. The number of nitrogens with two attached hydrogens (primary N) is 1. The standard InChI is InChI=1S/C14H8Br2FN3O/c15-10-5-4-7(17)6-9(10)13-19-14(21-20-13)8-2-1-3-11(16)12(8)18/h1-6H,18H2. The lowest BCUT2D eigenvalue weighted by Gasteiger charge is -2.02. The number of hydrogen-bond acceptors (Lipinski definition) is 4. The Morgan fingerprint density at radius 3 is 2.67 bits per heavy atom. The monoisotopic (exact) mass is 411 g/mol. The first-order valence-electron chi connectivity index (χ1n) is 5.90. The largest absolute Gasteiger partial charge is 0.397 e. The molecule has 0 bridgehead atoms. The van der Waals surface area contributed by atoms with Gasteiger partial charge in [-0.1, -0.05) is 27.2 Å². The summed E-state index contributed by atoms with van der Waals surface area (Å²) in [5, 5.41) is 3.88. The summed E-state index contributed by atoms with van der Waals surface area (Å²) in [4.78, 5) is 4.28. The van der Waals surface area contributed by atoms with E-state index in [2.05, 4.69) is 42.0 Å². The van der Waals surface area contributed by atoms with Crippen molar-refractivity contribution >= 4 is 37.5 Å². The van der Waals surface area contributed by atoms with E-state index >= 15 is 0 Å². The van der Waals surface area contributed by atoms with Crippen molar-refractivity contribution in [2.24, 2.45) is 0 Å². The average Bonchev–Trinajstić information content (AvgIpc) is 2.94. The Bertz CT molecular complexity index is 803. The molecule has 0 aliphatic rings. The van der Waals surface area contributed by atoms with E-state index in [4.69, 9.17) is 10.3 Å². The van der Waals surface area contributed by atoms with Gasteiger partial charge in [-0.05, 0) is 46.3 Å². The highest BCUT2D eigenvalue weighted by Gasteiger charge is 2.16. The van der Waals surface area contributed by atoms with Crippen LogP contribution in [0.1, 0.15) is 0 Å². The highest BCUT2D eigenvalue weighted by molar-refractivity contribution is 9.11. The van der Waals surface area contributed by atoms with Crippen LogP contribution in [0.15, 0.2) is 49.9 Å². The lowest BCUT2D eigenvalue weighted by molar-refractivity contribution is 0.432. The van der Waals surface area contributed by atoms with Gasteiger partial charge in [0.2, 0.25) is 5.82 Å². The zero-order chi connectivity index (χ0) is 15.0. The molecule has 7 heteroatoms. The molecule has 1 heterocycles. The number of halogens is 3. The number of benzene rings is 2. The minimum atomic E-state index is -0.374. The molecule has 3 rings (SSSR count). The molecule has 0 saturated heterocycles. The maximum atomic E-state index is 13.3. The van der Waals surface area contributed by atoms with Gasteiger partial charge < -0.3 is 10.3 Å². The molecule has 0 aliphatic heterocycles. The second-order valence-corrected chi connectivity index (χ2v) is 5.96. The van der Waals surface area contributed by atoms with Crippen molar-refractivity contribution in [3.8, 4) is 22.8 Å². The summed E-state index contributed by atoms with van der Waals surface area (Å²) in [6, 6.07) is 9.69. The summed E-state index contributed by atoms with van der Waals surface area (Å²) in [6.45, 7) is 0. The molecule has 0 amide bonds. The molecule has 106 valence electrons. The second kappa shape index (κ2) is 5.57. The van der Waals surface area contributed by atoms with E-state index in [-0.39, 0.29) is 17.5 Å². The SMILES string of the molecule is Nc1c(Br)cccc1-c1nc(-c2cc(F)ccc2Br)no1. The van der Waals surface area contributed by atoms with Gasteiger partial charge >= 0.3 is 0 Å². The first-order chi connectivity index (χ1) is 10.1. The van der Waals surface area contributed by atoms with E-state index in [1.165, 1.54) is 12.1 Å². The smallest absolute Gasteiger partial charge is 0.260 e. The third-order valence-corrected chi connectivity index (χ3v) is 4.26. The fourth-order valence-corrected chi connectivity index (χ4v) is 2.62. The van der Waals surface area contributed by atoms with Crippen molar-refractivity contribution < 1.29 is 8.91 Å². The van der Waals surface area contributed by atoms with Gasteiger partial charge in [0, 0.05) is 14.5 Å². The van der Waals surface area contributed by atoms with Crippen molar-refractivity contribution in [1.82, 2.24) is 10.1 Å². The van der Waals surface area contributed by atoms with Crippen LogP contribution in [0.3, 0.4) is 0 Å². The molecule has 0 saturated carbocycles. The van der Waals surface area contributed by atoms with Crippen molar-refractivity contribution in [1.29, 1.82) is 0 Å². The Hall–Kier alpha value is -1.73. The van der Waals surface area contributed by atoms with Crippen LogP contribution in [0.2, 0.25) is 0 Å². The molecule has 0 unspecified atom stereocenters. The Kier molecular flexibility index (Phi) is 3.77. The minimum absolute atomic E-state index is 0.278. The number of hydrogen-bond donors (Lipinski definition) is 1. The van der Waals surface area contributed by atoms with E-state index in [1.807, 2.05) is 12.1 Å². The molecular formula is C14H8Br2FN3O. The Balaban J connectivity index is 2.08. The van der Waals surface area contributed by atoms with Crippen LogP contribution in [0, 0.1) is 5.82 Å². The first kappa shape index (κ1) is 14.2. The molecule has 21 heavy (non-hydrogen) atoms. The van der Waals surface area contributed by atoms with Crippen LogP contribution in [0.25, 0.3) is 22.8 Å². The average molecular weight is 413 g/mol. The predicted molar refractivity (Wildman–Crippen MR) is 84.9 cm³/mol. The molecule has 0 radical (unpaired) electrons. The fraction of sp³-hybridized carbons (Fsp3) is 0. The van der Waals surface area contributed by atoms with Gasteiger partial charge in [-0.3, -0.25) is 0 Å². The molecule has 0 atom stereocenters. The van der Waals surface area contributed by atoms with Crippen LogP contribution in [-0.2, 0) is 0 Å². The van der Waals surface area contributed by atoms with Crippen LogP contribution >= 0.6 is 31.9 Å². The minimum Gasteiger partial charge on any atom is -0.397 e. The predicted octanol–water partition coefficient (Wildman–Crippen LogP) is 4.65. The van der Waals surface area contributed by atoms with Crippen LogP contribution in [-0.4, -0.2) is 10.1 Å². The lowest BCUT2D eigenvalue weighted by Crippen LogP contribution is -1.91. The molecule has 4 nitrogen and oxygen atoms in total. The highest BCUT2D eigenvalue weighted by Crippen LogP contribution is 2.33. The molecule has 3 aromatic rings. The molecule has 0 fully saturated rings. The Morgan fingerprint density at radius 2 is 1.86 bits per heavy atom. The number of nitrogen functional groups attached to an aromatic ring is 1. The zero-order valence-corrected chi connectivity index (χ0v) is 13.7. The van der Waals surface area contributed by atoms with Gasteiger partial charge in [0.25, 0.3) is 5.89 Å². The van der Waals surface area contributed by atoms with Gasteiger partial charge in [0.05, 0.1) is 11.3 Å². The van der Waals surface area contributed by atoms with Crippen molar-refractivity contribution in [2.45, 2.75) is 0 Å². The first-order valence-corrected chi connectivity index (χ1v) is 7.48. The highest BCUT2D eigenvalue weighted by atomic mass is 79.9. The van der Waals surface area contributed by atoms with E-state index in [1.54, 1.807) is 12.1 Å². The topological polar surface area (TPSA) is 64.9 Å². The van der Waals surface area contributed by atoms with E-state index in [9.17, 15) is 4.39 Å². The summed E-state index contributed by atoms with van der Waals surface area (Å²) in [5.74, 6) is 0.192. The zero-order valence-electron chi connectivity index (χ0n) is 10.5. The number of para-hydroxylation sites is 1. The molecule has 1 aromatic heterocycles. The quantitative estimate of drug-likeness (QED) is 0.622. The third-order valence-electron chi connectivity index (χ3n) is 2.88. The number of anilines is 1. The molecule has 2 aromatic carbocycles. The van der Waals surface area contributed by atoms with Crippen molar-refractivity contribution in [2.75, 3.05) is 5.73 Å². The van der Waals surface area contributed by atoms with Crippen LogP contribution < -0.4 is 5.73 Å². The van der Waals surface area contributed by atoms with Gasteiger partial charge in [0.15, 0.2) is 0 Å². The van der Waals surface area contributed by atoms with E-state index < -0.39 is 0 Å². The van der Waals surface area contributed by atoms with Gasteiger partial charge in [0.1, 0.15) is 5.82 Å². The van der Waals surface area contributed by atoms with Gasteiger partial charge in [-0.25, -0.2) is 4.39 Å². The summed E-state index contributed by atoms with van der Waals surface area (Å²) in [7, 11) is 0. The van der Waals surface area contributed by atoms with E-state index in [0.717, 1.165) is 4.47 Å². The number of aromatic nitrogens is 2. The lowest BCUT2D eigenvalue weighted by atomic mass is 10.2. The molecule has 0 aliphatic carbocycles. The van der Waals surface area contributed by atoms with Crippen molar-refractivity contribution in [3.05, 3.63) is 51.2 Å². The second-order valence-electron chi connectivity index (χ2n) is 4.25. The maximum Gasteiger partial charge on any atom is 0.260 e. The van der Waals surface area contributed by atoms with Crippen LogP contribution in [0.5, 0.6) is 0 Å². The van der Waals surface area contributed by atoms with Gasteiger partial charge in [-0.2, -0.15) is 4.98 Å². The molecule has 2 N–H and O–H groups in total. The molecular weight excluding hydrogens is 405 g/mol. The van der Waals surface area contributed by atoms with Crippen LogP contribution in [0.4, 0.5) is 10.1 Å². The van der Waals surface area contributed by atoms with Gasteiger partial charge in [-0.15, -0.1) is 0 Å². The molecule has 0 spiro atoms. The Morgan fingerprint density at radius 1 is 1.05 bits per heavy atom. The summed E-state index contributed by atoms with van der Waals surface area (Å²) < 4.78 is 20.0. The summed E-state index contributed by atoms with van der Waals surface area (Å²) in [6.07, 6.45) is 0. The number of nitrogens with zero attached hydrogens (tertiary/aromatic N) is 2. The van der Waals surface area contributed by atoms with E-state index in [0.29, 0.717) is 21.3 Å². The third kappa shape index (κ3) is 2.71. The van der Waals surface area contributed by atoms with Crippen molar-refractivity contribution in [3.63, 3.8) is 0 Å². The number of rotatable bonds is 2. The Labute approximate surface area is 136 Å². The fourth-order valence-electron chi connectivity index (χ4n) is 1.83. The maximum absolute atomic E-state index is 13.3. The normalized spacial score (nSPS) is 10.8. The summed E-state index contributed by atoms with van der Waals surface area (Å²) >= 11 is 6.68.